The van der Waals surface area contributed by atoms with E-state index < -0.39 is 38.7 Å². The molecule has 0 radical (unpaired) electrons. The Morgan fingerprint density at radius 1 is 0.778 bits per heavy atom. The highest BCUT2D eigenvalue weighted by Gasteiger charge is 2.42. The summed E-state index contributed by atoms with van der Waals surface area (Å²) in [6.45, 7) is -3.60. The Bertz CT molecular complexity index is 152. The van der Waals surface area contributed by atoms with Crippen LogP contribution >= 0.6 is 0 Å². The van der Waals surface area contributed by atoms with Gasteiger partial charge in [0.25, 0.3) is 0 Å². The molecule has 0 fully saturated rings. The molecule has 0 saturated heterocycles. The van der Waals surface area contributed by atoms with E-state index in [2.05, 4.69) is 4.94 Å². The Labute approximate surface area is 93.4 Å². The van der Waals surface area contributed by atoms with Crippen LogP contribution in [-0.4, -0.2) is 38.7 Å². The second kappa shape index (κ2) is 11.3. The van der Waals surface area contributed by atoms with Gasteiger partial charge in [-0.1, -0.05) is 0 Å². The van der Waals surface area contributed by atoms with Crippen molar-refractivity contribution in [2.75, 3.05) is 20.0 Å². The highest BCUT2D eigenvalue weighted by atomic mass is 19.5. The maximum atomic E-state index is 11.1. The van der Waals surface area contributed by atoms with Crippen LogP contribution in [-0.2, 0) is 4.94 Å². The molecule has 0 aromatic heterocycles. The predicted octanol–water partition coefficient (Wildman–Crippen LogP) is 4.19. The Morgan fingerprint density at radius 3 is 1.06 bits per heavy atom. The summed E-state index contributed by atoms with van der Waals surface area (Å²) in [5.41, 5.74) is 0. The van der Waals surface area contributed by atoms with Gasteiger partial charge in [-0.05, 0) is 4.53 Å². The van der Waals surface area contributed by atoms with Gasteiger partial charge in [0.05, 0.1) is 0 Å². The molecule has 0 spiro atoms. The van der Waals surface area contributed by atoms with Gasteiger partial charge in [0.15, 0.2) is 0 Å². The van der Waals surface area contributed by atoms with Crippen molar-refractivity contribution in [2.45, 2.75) is 18.7 Å². The van der Waals surface area contributed by atoms with Crippen molar-refractivity contribution in [2.24, 2.45) is 0 Å². The van der Waals surface area contributed by atoms with Crippen LogP contribution in [0.1, 0.15) is 0 Å². The van der Waals surface area contributed by atoms with Crippen molar-refractivity contribution >= 4 is 0 Å². The summed E-state index contributed by atoms with van der Waals surface area (Å²) < 4.78 is 115. The Balaban J connectivity index is -0.000000212. The van der Waals surface area contributed by atoms with E-state index in [9.17, 15) is 48.4 Å². The first-order valence-electron chi connectivity index (χ1n) is 3.71. The van der Waals surface area contributed by atoms with E-state index in [4.69, 9.17) is 0 Å². The van der Waals surface area contributed by atoms with Crippen LogP contribution in [0.2, 0.25) is 0 Å². The third-order valence-electron chi connectivity index (χ3n) is 0.684. The van der Waals surface area contributed by atoms with E-state index in [-0.39, 0.29) is 0 Å². The molecule has 12 heteroatoms. The fourth-order valence-corrected chi connectivity index (χ4v) is 0.162. The minimum atomic E-state index is -5.50. The molecule has 0 amide bonds. The molecule has 0 heterocycles. The summed E-state index contributed by atoms with van der Waals surface area (Å²) in [7, 11) is 0. The van der Waals surface area contributed by atoms with Gasteiger partial charge in [0.1, 0.15) is 20.0 Å². The Hall–Kier alpha value is -0.810. The normalized spacial score (nSPS) is 12.8. The first-order valence-corrected chi connectivity index (χ1v) is 3.71. The van der Waals surface area contributed by atoms with Crippen LogP contribution in [0.3, 0.4) is 0 Å². The first kappa shape index (κ1) is 22.4. The standard InChI is InChI=1S/C3H3F5O.C2H4F2.CF4/c4-1-2(9-8)3(5,6)7;3-1-2-4;2-1(3,4)5/h2H,1H2;1-2H2;. The molecular weight excluding hydrogens is 297 g/mol. The predicted molar refractivity (Wildman–Crippen MR) is 37.1 cm³/mol. The highest BCUT2D eigenvalue weighted by molar-refractivity contribution is 4.63. The van der Waals surface area contributed by atoms with Gasteiger partial charge in [-0.2, -0.15) is 18.1 Å². The lowest BCUT2D eigenvalue weighted by atomic mass is 10.4. The van der Waals surface area contributed by atoms with Gasteiger partial charge in [-0.15, -0.1) is 17.6 Å². The van der Waals surface area contributed by atoms with Crippen molar-refractivity contribution in [3.63, 3.8) is 0 Å². The maximum absolute atomic E-state index is 11.1. The lowest BCUT2D eigenvalue weighted by Gasteiger charge is -2.10. The van der Waals surface area contributed by atoms with Crippen LogP contribution in [0.5, 0.6) is 0 Å². The maximum Gasteiger partial charge on any atom is 0.559 e. The number of alkyl halides is 10. The van der Waals surface area contributed by atoms with Crippen LogP contribution < -0.4 is 0 Å². The summed E-state index contributed by atoms with van der Waals surface area (Å²) in [4.78, 5) is 2.26. The second-order valence-corrected chi connectivity index (χ2v) is 2.08. The fourth-order valence-electron chi connectivity index (χ4n) is 0.162. The first-order chi connectivity index (χ1) is 7.93. The third kappa shape index (κ3) is 29.5. The lowest BCUT2D eigenvalue weighted by Crippen LogP contribution is -2.31. The lowest BCUT2D eigenvalue weighted by molar-refractivity contribution is -0.297. The minimum Gasteiger partial charge on any atom is -0.248 e. The van der Waals surface area contributed by atoms with Gasteiger partial charge in [0, 0.05) is 0 Å². The summed E-state index contributed by atoms with van der Waals surface area (Å²) in [5, 5.41) is 0. The van der Waals surface area contributed by atoms with Crippen LogP contribution in [0.4, 0.5) is 48.4 Å². The SMILES string of the molecule is FC(F)(F)F.FCC(OF)C(F)(F)F.FCCF. The van der Waals surface area contributed by atoms with Crippen molar-refractivity contribution in [3.8, 4) is 0 Å². The second-order valence-electron chi connectivity index (χ2n) is 2.08. The summed E-state index contributed by atoms with van der Waals surface area (Å²) in [6.07, 6.45) is -13.4. The number of rotatable bonds is 3. The van der Waals surface area contributed by atoms with Crippen LogP contribution in [0, 0.1) is 0 Å². The van der Waals surface area contributed by atoms with E-state index in [1.807, 2.05) is 0 Å². The van der Waals surface area contributed by atoms with Gasteiger partial charge in [0.2, 0.25) is 6.10 Å². The molecule has 0 aliphatic carbocycles. The van der Waals surface area contributed by atoms with Crippen molar-refractivity contribution in [3.05, 3.63) is 0 Å². The number of hydrogen-bond acceptors (Lipinski definition) is 1. The molecule has 1 nitrogen and oxygen atoms in total. The Kier molecular flexibility index (Phi) is 14.0. The van der Waals surface area contributed by atoms with Gasteiger partial charge in [-0.25, -0.2) is 13.2 Å². The fraction of sp³-hybridized carbons (Fsp3) is 1.00. The zero-order chi connectivity index (χ0) is 15.4. The van der Waals surface area contributed by atoms with Crippen molar-refractivity contribution < 1.29 is 53.4 Å². The molecule has 0 aromatic carbocycles. The molecule has 0 rings (SSSR count). The average Bonchev–Trinajstić information content (AvgIpc) is 2.15. The molecule has 1 unspecified atom stereocenters. The van der Waals surface area contributed by atoms with E-state index in [0.717, 1.165) is 0 Å². The zero-order valence-corrected chi connectivity index (χ0v) is 8.26. The van der Waals surface area contributed by atoms with E-state index in [1.165, 1.54) is 0 Å². The Morgan fingerprint density at radius 2 is 1.06 bits per heavy atom. The molecule has 0 bridgehead atoms. The van der Waals surface area contributed by atoms with E-state index >= 15 is 0 Å². The molecule has 0 aromatic rings. The smallest absolute Gasteiger partial charge is 0.248 e. The van der Waals surface area contributed by atoms with Gasteiger partial charge >= 0.3 is 12.6 Å². The van der Waals surface area contributed by atoms with E-state index in [0.29, 0.717) is 0 Å². The largest absolute Gasteiger partial charge is 0.559 e. The summed E-state index contributed by atoms with van der Waals surface area (Å²) >= 11 is 0. The van der Waals surface area contributed by atoms with Crippen LogP contribution in [0.15, 0.2) is 0 Å². The molecule has 18 heavy (non-hydrogen) atoms. The topological polar surface area (TPSA) is 9.23 Å². The average molecular weight is 304 g/mol. The molecule has 114 valence electrons. The monoisotopic (exact) mass is 304 g/mol. The van der Waals surface area contributed by atoms with Crippen LogP contribution in [0.25, 0.3) is 0 Å². The van der Waals surface area contributed by atoms with Crippen molar-refractivity contribution in [1.82, 2.24) is 0 Å². The zero-order valence-electron chi connectivity index (χ0n) is 8.26. The molecule has 0 saturated carbocycles. The third-order valence-corrected chi connectivity index (χ3v) is 0.684. The minimum absolute atomic E-state index is 0.847. The number of hydrogen-bond donors (Lipinski definition) is 0. The number of halogens is 11. The van der Waals surface area contributed by atoms with Gasteiger partial charge in [-0.3, -0.25) is 0 Å². The van der Waals surface area contributed by atoms with Gasteiger partial charge < -0.3 is 0 Å². The summed E-state index contributed by atoms with van der Waals surface area (Å²) in [6, 6.07) is 0. The summed E-state index contributed by atoms with van der Waals surface area (Å²) in [5.74, 6) is 0. The molecular formula is C6H7F11O. The molecule has 0 N–H and O–H groups in total. The molecule has 0 aliphatic rings. The molecule has 0 aliphatic heterocycles. The molecule has 1 atom stereocenters. The highest BCUT2D eigenvalue weighted by Crippen LogP contribution is 2.23. The van der Waals surface area contributed by atoms with Crippen molar-refractivity contribution in [1.29, 1.82) is 0 Å². The van der Waals surface area contributed by atoms with E-state index in [1.54, 1.807) is 0 Å². The quantitative estimate of drug-likeness (QED) is 0.710.